The summed E-state index contributed by atoms with van der Waals surface area (Å²) in [5, 5.41) is 4.08. The highest BCUT2D eigenvalue weighted by Crippen LogP contribution is 2.29. The first-order chi connectivity index (χ1) is 10.0. The molecule has 21 heavy (non-hydrogen) atoms. The number of nitrogens with one attached hydrogen (secondary N) is 1. The second-order valence-corrected chi connectivity index (χ2v) is 6.08. The van der Waals surface area contributed by atoms with Crippen molar-refractivity contribution >= 4 is 11.6 Å². The molecule has 0 aliphatic rings. The van der Waals surface area contributed by atoms with Gasteiger partial charge in [0.25, 0.3) is 0 Å². The molecule has 0 spiro atoms. The van der Waals surface area contributed by atoms with Gasteiger partial charge in [-0.15, -0.1) is 0 Å². The Hall–Kier alpha value is -1.25. The van der Waals surface area contributed by atoms with E-state index < -0.39 is 0 Å². The van der Waals surface area contributed by atoms with Crippen LogP contribution in [0.15, 0.2) is 28.9 Å². The normalized spacial score (nSPS) is 12.6. The summed E-state index contributed by atoms with van der Waals surface area (Å²) in [5.41, 5.74) is 6.44. The first-order valence-corrected chi connectivity index (χ1v) is 7.93. The van der Waals surface area contributed by atoms with Crippen LogP contribution in [-0.2, 0) is 6.42 Å². The van der Waals surface area contributed by atoms with Crippen molar-refractivity contribution in [3.8, 4) is 0 Å². The van der Waals surface area contributed by atoms with E-state index in [4.69, 9.17) is 16.0 Å². The van der Waals surface area contributed by atoms with Crippen molar-refractivity contribution in [3.63, 3.8) is 0 Å². The van der Waals surface area contributed by atoms with Crippen LogP contribution in [0, 0.1) is 20.8 Å². The van der Waals surface area contributed by atoms with E-state index in [0.717, 1.165) is 24.9 Å². The van der Waals surface area contributed by atoms with Crippen molar-refractivity contribution in [2.45, 2.75) is 46.6 Å². The molecule has 0 aliphatic heterocycles. The van der Waals surface area contributed by atoms with Crippen LogP contribution in [0.5, 0.6) is 0 Å². The van der Waals surface area contributed by atoms with Crippen molar-refractivity contribution in [1.29, 1.82) is 0 Å². The van der Waals surface area contributed by atoms with Gasteiger partial charge in [-0.3, -0.25) is 0 Å². The third-order valence-electron chi connectivity index (χ3n) is 3.91. The molecule has 1 heterocycles. The Morgan fingerprint density at radius 1 is 1.19 bits per heavy atom. The minimum absolute atomic E-state index is 0.191. The lowest BCUT2D eigenvalue weighted by atomic mass is 9.92. The number of halogens is 1. The Labute approximate surface area is 132 Å². The molecule has 1 aromatic heterocycles. The van der Waals surface area contributed by atoms with Crippen LogP contribution in [-0.4, -0.2) is 6.54 Å². The maximum Gasteiger partial charge on any atom is 0.197 e. The Bertz CT molecular complexity index is 580. The molecular formula is C18H24ClNO. The van der Waals surface area contributed by atoms with Crippen LogP contribution in [0.25, 0.3) is 0 Å². The van der Waals surface area contributed by atoms with Crippen molar-refractivity contribution in [2.24, 2.45) is 0 Å². The summed E-state index contributed by atoms with van der Waals surface area (Å²) in [4.78, 5) is 0. The monoisotopic (exact) mass is 305 g/mol. The summed E-state index contributed by atoms with van der Waals surface area (Å²) in [5.74, 6) is 0. The zero-order valence-electron chi connectivity index (χ0n) is 13.3. The van der Waals surface area contributed by atoms with E-state index in [9.17, 15) is 0 Å². The van der Waals surface area contributed by atoms with Crippen LogP contribution in [0.4, 0.5) is 0 Å². The van der Waals surface area contributed by atoms with Gasteiger partial charge in [0.05, 0.1) is 6.26 Å². The third-order valence-corrected chi connectivity index (χ3v) is 4.22. The van der Waals surface area contributed by atoms with Crippen LogP contribution >= 0.6 is 11.6 Å². The molecule has 0 saturated carbocycles. The molecule has 114 valence electrons. The van der Waals surface area contributed by atoms with Gasteiger partial charge in [0, 0.05) is 11.6 Å². The van der Waals surface area contributed by atoms with Gasteiger partial charge in [-0.25, -0.2) is 0 Å². The van der Waals surface area contributed by atoms with E-state index in [0.29, 0.717) is 5.22 Å². The lowest BCUT2D eigenvalue weighted by Crippen LogP contribution is -2.24. The molecule has 1 atom stereocenters. The molecule has 1 unspecified atom stereocenters. The molecule has 0 bridgehead atoms. The summed E-state index contributed by atoms with van der Waals surface area (Å²) in [6.45, 7) is 9.65. The number of furan rings is 1. The third kappa shape index (κ3) is 3.90. The largest absolute Gasteiger partial charge is 0.453 e. The highest BCUT2D eigenvalue weighted by molar-refractivity contribution is 6.29. The number of hydrogen-bond donors (Lipinski definition) is 1. The van der Waals surface area contributed by atoms with E-state index in [1.165, 1.54) is 22.3 Å². The molecule has 0 radical (unpaired) electrons. The molecule has 3 heteroatoms. The average Bonchev–Trinajstić information content (AvgIpc) is 2.83. The minimum atomic E-state index is 0.191. The highest BCUT2D eigenvalue weighted by Gasteiger charge is 2.19. The molecule has 1 N–H and O–H groups in total. The van der Waals surface area contributed by atoms with E-state index in [-0.39, 0.29) is 6.04 Å². The average molecular weight is 306 g/mol. The van der Waals surface area contributed by atoms with Gasteiger partial charge < -0.3 is 9.73 Å². The van der Waals surface area contributed by atoms with Gasteiger partial charge in [0.15, 0.2) is 5.22 Å². The van der Waals surface area contributed by atoms with Crippen molar-refractivity contribution in [1.82, 2.24) is 5.32 Å². The maximum atomic E-state index is 6.18. The van der Waals surface area contributed by atoms with E-state index in [2.05, 4.69) is 45.1 Å². The fourth-order valence-electron chi connectivity index (χ4n) is 2.90. The van der Waals surface area contributed by atoms with E-state index in [1.54, 1.807) is 6.26 Å². The number of rotatable bonds is 6. The molecule has 0 saturated heterocycles. The molecule has 2 nitrogen and oxygen atoms in total. The number of hydrogen-bond acceptors (Lipinski definition) is 2. The predicted molar refractivity (Wildman–Crippen MR) is 89.1 cm³/mol. The molecule has 2 rings (SSSR count). The Balaban J connectivity index is 2.29. The standard InChI is InChI=1S/C18H24ClNO/c1-5-7-20-17(15-6-8-21-18(15)19)11-16-13(3)9-12(2)10-14(16)4/h6,8-10,17,20H,5,7,11H2,1-4H3. The topological polar surface area (TPSA) is 25.2 Å². The van der Waals surface area contributed by atoms with Crippen LogP contribution in [0.3, 0.4) is 0 Å². The van der Waals surface area contributed by atoms with Crippen molar-refractivity contribution in [3.05, 3.63) is 57.5 Å². The van der Waals surface area contributed by atoms with Crippen molar-refractivity contribution < 1.29 is 4.42 Å². The van der Waals surface area contributed by atoms with Gasteiger partial charge >= 0.3 is 0 Å². The molecule has 0 amide bonds. The maximum absolute atomic E-state index is 6.18. The Morgan fingerprint density at radius 2 is 1.86 bits per heavy atom. The minimum Gasteiger partial charge on any atom is -0.453 e. The first kappa shape index (κ1) is 16.1. The van der Waals surface area contributed by atoms with Gasteiger partial charge in [0.1, 0.15) is 0 Å². The van der Waals surface area contributed by atoms with Crippen molar-refractivity contribution in [2.75, 3.05) is 6.54 Å². The summed E-state index contributed by atoms with van der Waals surface area (Å²) >= 11 is 6.18. The highest BCUT2D eigenvalue weighted by atomic mass is 35.5. The molecular weight excluding hydrogens is 282 g/mol. The van der Waals surface area contributed by atoms with Gasteiger partial charge in [-0.1, -0.05) is 24.6 Å². The van der Waals surface area contributed by atoms with E-state index >= 15 is 0 Å². The SMILES string of the molecule is CCCNC(Cc1c(C)cc(C)cc1C)c1ccoc1Cl. The van der Waals surface area contributed by atoms with Gasteiger partial charge in [0.2, 0.25) is 0 Å². The molecule has 0 fully saturated rings. The van der Waals surface area contributed by atoms with Crippen LogP contribution in [0.1, 0.15) is 47.2 Å². The lowest BCUT2D eigenvalue weighted by Gasteiger charge is -2.21. The number of benzene rings is 1. The molecule has 2 aromatic rings. The van der Waals surface area contributed by atoms with E-state index in [1.807, 2.05) is 6.07 Å². The fourth-order valence-corrected chi connectivity index (χ4v) is 3.15. The Kier molecular flexibility index (Phi) is 5.49. The smallest absolute Gasteiger partial charge is 0.197 e. The van der Waals surface area contributed by atoms with Gasteiger partial charge in [-0.2, -0.15) is 0 Å². The zero-order chi connectivity index (χ0) is 15.4. The first-order valence-electron chi connectivity index (χ1n) is 7.56. The lowest BCUT2D eigenvalue weighted by molar-refractivity contribution is 0.512. The Morgan fingerprint density at radius 3 is 2.38 bits per heavy atom. The predicted octanol–water partition coefficient (Wildman–Crippen LogP) is 5.14. The second kappa shape index (κ2) is 7.15. The second-order valence-electron chi connectivity index (χ2n) is 5.74. The molecule has 1 aromatic carbocycles. The summed E-state index contributed by atoms with van der Waals surface area (Å²) in [6, 6.07) is 6.65. The summed E-state index contributed by atoms with van der Waals surface area (Å²) < 4.78 is 5.27. The molecule has 0 aliphatic carbocycles. The quantitative estimate of drug-likeness (QED) is 0.799. The number of aryl methyl sites for hydroxylation is 3. The fraction of sp³-hybridized carbons (Fsp3) is 0.444. The summed E-state index contributed by atoms with van der Waals surface area (Å²) in [6.07, 6.45) is 3.68. The van der Waals surface area contributed by atoms with Gasteiger partial charge in [-0.05, 0) is 74.5 Å². The van der Waals surface area contributed by atoms with Crippen LogP contribution in [0.2, 0.25) is 5.22 Å². The summed E-state index contributed by atoms with van der Waals surface area (Å²) in [7, 11) is 0. The zero-order valence-corrected chi connectivity index (χ0v) is 14.1. The van der Waals surface area contributed by atoms with Crippen LogP contribution < -0.4 is 5.32 Å².